The Kier molecular flexibility index (Phi) is 3.53. The van der Waals surface area contributed by atoms with Crippen LogP contribution in [0.4, 0.5) is 0 Å². The van der Waals surface area contributed by atoms with E-state index in [4.69, 9.17) is 0 Å². The number of pyridine rings is 2. The van der Waals surface area contributed by atoms with Crippen LogP contribution in [-0.2, 0) is 7.05 Å². The molecule has 3 rings (SSSR count). The van der Waals surface area contributed by atoms with E-state index in [1.165, 1.54) is 27.9 Å². The van der Waals surface area contributed by atoms with Gasteiger partial charge in [-0.05, 0) is 36.1 Å². The van der Waals surface area contributed by atoms with E-state index in [-0.39, 0.29) is 0 Å². The second kappa shape index (κ2) is 5.49. The number of aromatic nitrogens is 2. The summed E-state index contributed by atoms with van der Waals surface area (Å²) in [6, 6.07) is 15.2. The molecule has 0 atom stereocenters. The third-order valence-corrected chi connectivity index (χ3v) is 3.65. The van der Waals surface area contributed by atoms with Crippen LogP contribution in [0.3, 0.4) is 0 Å². The highest BCUT2D eigenvalue weighted by Gasteiger charge is 2.08. The smallest absolute Gasteiger partial charge is 0.208 e. The summed E-state index contributed by atoms with van der Waals surface area (Å²) in [5.41, 5.74) is 6.25. The van der Waals surface area contributed by atoms with E-state index >= 15 is 0 Å². The second-order valence-corrected chi connectivity index (χ2v) is 5.59. The van der Waals surface area contributed by atoms with Gasteiger partial charge in [0.1, 0.15) is 7.05 Å². The number of benzene rings is 1. The fourth-order valence-electron chi connectivity index (χ4n) is 2.58. The summed E-state index contributed by atoms with van der Waals surface area (Å²) in [7, 11) is 2.03. The molecule has 104 valence electrons. The van der Waals surface area contributed by atoms with Gasteiger partial charge in [-0.3, -0.25) is 0 Å². The molecule has 0 amide bonds. The van der Waals surface area contributed by atoms with Crippen LogP contribution in [-0.4, -0.2) is 0 Å². The molecule has 3 aromatic rings. The Bertz CT molecular complexity index is 736. The quantitative estimate of drug-likeness (QED) is 0.636. The van der Waals surface area contributed by atoms with Crippen molar-refractivity contribution < 1.29 is 9.13 Å². The van der Waals surface area contributed by atoms with Gasteiger partial charge in [-0.2, -0.15) is 4.57 Å². The molecule has 2 aromatic heterocycles. The molecule has 0 bridgehead atoms. The van der Waals surface area contributed by atoms with Gasteiger partial charge in [-0.15, -0.1) is 0 Å². The van der Waals surface area contributed by atoms with Crippen LogP contribution >= 0.6 is 0 Å². The Balaban J connectivity index is 1.95. The number of hydrogen-bond donors (Lipinski definition) is 0. The van der Waals surface area contributed by atoms with E-state index in [1.54, 1.807) is 0 Å². The highest BCUT2D eigenvalue weighted by Crippen LogP contribution is 2.16. The van der Waals surface area contributed by atoms with Crippen molar-refractivity contribution in [1.82, 2.24) is 0 Å². The van der Waals surface area contributed by atoms with E-state index in [1.807, 2.05) is 11.6 Å². The van der Waals surface area contributed by atoms with Gasteiger partial charge < -0.3 is 0 Å². The summed E-state index contributed by atoms with van der Waals surface area (Å²) >= 11 is 0. The number of aryl methyl sites for hydroxylation is 3. The van der Waals surface area contributed by atoms with Gasteiger partial charge in [0.2, 0.25) is 5.69 Å². The predicted molar refractivity (Wildman–Crippen MR) is 84.1 cm³/mol. The van der Waals surface area contributed by atoms with Gasteiger partial charge in [0, 0.05) is 36.4 Å². The van der Waals surface area contributed by atoms with Crippen LogP contribution in [0.1, 0.15) is 11.1 Å². The molecular formula is C19H20N2+2. The van der Waals surface area contributed by atoms with Crippen LogP contribution in [0, 0.1) is 13.8 Å². The van der Waals surface area contributed by atoms with E-state index in [2.05, 4.69) is 85.7 Å². The first-order chi connectivity index (χ1) is 10.1. The van der Waals surface area contributed by atoms with Crippen molar-refractivity contribution in [2.24, 2.45) is 7.05 Å². The van der Waals surface area contributed by atoms with Crippen LogP contribution < -0.4 is 9.13 Å². The first-order valence-electron chi connectivity index (χ1n) is 7.17. The molecule has 0 unspecified atom stereocenters. The average Bonchev–Trinajstić information content (AvgIpc) is 2.47. The summed E-state index contributed by atoms with van der Waals surface area (Å²) in [4.78, 5) is 0. The van der Waals surface area contributed by atoms with Gasteiger partial charge in [0.05, 0.1) is 0 Å². The van der Waals surface area contributed by atoms with Crippen molar-refractivity contribution in [3.8, 4) is 16.8 Å². The zero-order valence-electron chi connectivity index (χ0n) is 12.7. The summed E-state index contributed by atoms with van der Waals surface area (Å²) in [5, 5.41) is 0. The fraction of sp³-hybridized carbons (Fsp3) is 0.158. The summed E-state index contributed by atoms with van der Waals surface area (Å²) < 4.78 is 4.20. The van der Waals surface area contributed by atoms with Gasteiger partial charge in [-0.25, -0.2) is 4.57 Å². The average molecular weight is 276 g/mol. The first kappa shape index (κ1) is 13.5. The lowest BCUT2D eigenvalue weighted by molar-refractivity contribution is -0.671. The molecular weight excluding hydrogens is 256 g/mol. The Labute approximate surface area is 125 Å². The van der Waals surface area contributed by atoms with Crippen LogP contribution in [0.5, 0.6) is 0 Å². The Hall–Kier alpha value is -2.48. The van der Waals surface area contributed by atoms with Gasteiger partial charge in [-0.1, -0.05) is 6.07 Å². The Morgan fingerprint density at radius 3 is 1.67 bits per heavy atom. The zero-order valence-corrected chi connectivity index (χ0v) is 12.7. The normalized spacial score (nSPS) is 10.6. The molecule has 0 aliphatic carbocycles. The first-order valence-corrected chi connectivity index (χ1v) is 7.17. The van der Waals surface area contributed by atoms with Gasteiger partial charge >= 0.3 is 0 Å². The molecule has 0 saturated heterocycles. The molecule has 0 fully saturated rings. The molecule has 2 nitrogen and oxygen atoms in total. The molecule has 0 radical (unpaired) electrons. The summed E-state index contributed by atoms with van der Waals surface area (Å²) in [6.07, 6.45) is 8.38. The zero-order chi connectivity index (χ0) is 14.8. The standard InChI is InChI=1S/C19H20N2/c1-15-12-16(2)14-19(13-15)21-10-6-18(7-11-21)17-4-8-20(3)9-5-17/h4-14H,1-3H3/q+2. The van der Waals surface area contributed by atoms with E-state index < -0.39 is 0 Å². The molecule has 0 aliphatic heterocycles. The lowest BCUT2D eigenvalue weighted by atomic mass is 10.1. The number of rotatable bonds is 2. The fourth-order valence-corrected chi connectivity index (χ4v) is 2.58. The predicted octanol–water partition coefficient (Wildman–Crippen LogP) is 3.07. The minimum Gasteiger partial charge on any atom is -0.208 e. The van der Waals surface area contributed by atoms with E-state index in [9.17, 15) is 0 Å². The number of hydrogen-bond acceptors (Lipinski definition) is 0. The van der Waals surface area contributed by atoms with Crippen molar-refractivity contribution in [2.45, 2.75) is 13.8 Å². The number of nitrogens with zero attached hydrogens (tertiary/aromatic N) is 2. The summed E-state index contributed by atoms with van der Waals surface area (Å²) in [6.45, 7) is 4.27. The highest BCUT2D eigenvalue weighted by atomic mass is 14.9. The maximum absolute atomic E-state index is 2.20. The third kappa shape index (κ3) is 3.00. The van der Waals surface area contributed by atoms with Crippen LogP contribution in [0.2, 0.25) is 0 Å². The SMILES string of the molecule is Cc1cc(C)cc(-[n+]2ccc(-c3cc[n+](C)cc3)cc2)c1. The van der Waals surface area contributed by atoms with Gasteiger partial charge in [0.15, 0.2) is 24.8 Å². The monoisotopic (exact) mass is 276 g/mol. The van der Waals surface area contributed by atoms with Crippen molar-refractivity contribution in [1.29, 1.82) is 0 Å². The topological polar surface area (TPSA) is 7.76 Å². The minimum atomic E-state index is 1.21. The van der Waals surface area contributed by atoms with Crippen molar-refractivity contribution in [2.75, 3.05) is 0 Å². The lowest BCUT2D eigenvalue weighted by Crippen LogP contribution is -2.29. The van der Waals surface area contributed by atoms with Crippen molar-refractivity contribution in [3.05, 3.63) is 78.4 Å². The maximum Gasteiger partial charge on any atom is 0.211 e. The molecule has 0 spiro atoms. The van der Waals surface area contributed by atoms with Crippen molar-refractivity contribution in [3.63, 3.8) is 0 Å². The molecule has 2 heteroatoms. The molecule has 1 aromatic carbocycles. The summed E-state index contributed by atoms with van der Waals surface area (Å²) in [5.74, 6) is 0. The minimum absolute atomic E-state index is 1.21. The Morgan fingerprint density at radius 1 is 0.667 bits per heavy atom. The van der Waals surface area contributed by atoms with E-state index in [0.717, 1.165) is 0 Å². The lowest BCUT2D eigenvalue weighted by Gasteiger charge is -2.02. The van der Waals surface area contributed by atoms with Crippen molar-refractivity contribution >= 4 is 0 Å². The van der Waals surface area contributed by atoms with Crippen LogP contribution in [0.15, 0.2) is 67.3 Å². The highest BCUT2D eigenvalue weighted by molar-refractivity contribution is 5.61. The molecule has 2 heterocycles. The van der Waals surface area contributed by atoms with E-state index in [0.29, 0.717) is 0 Å². The second-order valence-electron chi connectivity index (χ2n) is 5.59. The molecule has 21 heavy (non-hydrogen) atoms. The van der Waals surface area contributed by atoms with Crippen LogP contribution in [0.25, 0.3) is 16.8 Å². The molecule has 0 aliphatic rings. The third-order valence-electron chi connectivity index (χ3n) is 3.65. The maximum atomic E-state index is 2.20. The van der Waals surface area contributed by atoms with Gasteiger partial charge in [0.25, 0.3) is 0 Å². The molecule has 0 saturated carbocycles. The largest absolute Gasteiger partial charge is 0.211 e. The molecule has 0 N–H and O–H groups in total. The Morgan fingerprint density at radius 2 is 1.14 bits per heavy atom.